The number of rotatable bonds is 3. The Morgan fingerprint density at radius 3 is 2.60 bits per heavy atom. The van der Waals surface area contributed by atoms with E-state index in [1.54, 1.807) is 6.20 Å². The van der Waals surface area contributed by atoms with Gasteiger partial charge < -0.3 is 9.64 Å². The van der Waals surface area contributed by atoms with Crippen LogP contribution in [0, 0.1) is 0 Å². The molecule has 0 aliphatic carbocycles. The summed E-state index contributed by atoms with van der Waals surface area (Å²) in [5.74, 6) is 1.40. The summed E-state index contributed by atoms with van der Waals surface area (Å²) in [4.78, 5) is 2.33. The van der Waals surface area contributed by atoms with Gasteiger partial charge in [0, 0.05) is 0 Å². The maximum atomic E-state index is 6.41. The van der Waals surface area contributed by atoms with Gasteiger partial charge in [-0.2, -0.15) is 5.10 Å². The van der Waals surface area contributed by atoms with Crippen molar-refractivity contribution in [1.82, 2.24) is 14.7 Å². The van der Waals surface area contributed by atoms with Gasteiger partial charge in [0.25, 0.3) is 0 Å². The molecule has 1 saturated heterocycles. The first-order valence-electron chi connectivity index (χ1n) is 6.88. The Morgan fingerprint density at radius 1 is 1.20 bits per heavy atom. The molecule has 3 rings (SSSR count). The number of benzene rings is 1. The summed E-state index contributed by atoms with van der Waals surface area (Å²) in [6, 6.07) is 10.0. The summed E-state index contributed by atoms with van der Waals surface area (Å²) in [5.41, 5.74) is 0. The quantitative estimate of drug-likeness (QED) is 0.865. The standard InChI is InChI=1S/C15H18ClN3O/c1-18-9-7-12(8-10-18)19-15(16)14(11-17-19)20-13-5-3-2-4-6-13/h2-6,11-12H,7-10H2,1H3. The predicted octanol–water partition coefficient (Wildman–Crippen LogP) is 3.60. The monoisotopic (exact) mass is 291 g/mol. The molecule has 1 aromatic carbocycles. The van der Waals surface area contributed by atoms with E-state index >= 15 is 0 Å². The number of para-hydroxylation sites is 1. The molecule has 0 bridgehead atoms. The lowest BCUT2D eigenvalue weighted by Gasteiger charge is -2.29. The topological polar surface area (TPSA) is 30.3 Å². The van der Waals surface area contributed by atoms with Crippen molar-refractivity contribution in [2.24, 2.45) is 0 Å². The van der Waals surface area contributed by atoms with E-state index in [0.29, 0.717) is 16.9 Å². The average molecular weight is 292 g/mol. The van der Waals surface area contributed by atoms with E-state index in [2.05, 4.69) is 17.0 Å². The van der Waals surface area contributed by atoms with Crippen molar-refractivity contribution >= 4 is 11.6 Å². The van der Waals surface area contributed by atoms with E-state index in [1.807, 2.05) is 35.0 Å². The second kappa shape index (κ2) is 5.85. The second-order valence-electron chi connectivity index (χ2n) is 5.19. The molecular formula is C15H18ClN3O. The van der Waals surface area contributed by atoms with Crippen molar-refractivity contribution in [3.05, 3.63) is 41.7 Å². The molecule has 1 aliphatic rings. The molecule has 106 valence electrons. The molecule has 1 aromatic heterocycles. The number of halogens is 1. The van der Waals surface area contributed by atoms with Gasteiger partial charge in [0.15, 0.2) is 10.9 Å². The molecule has 0 spiro atoms. The van der Waals surface area contributed by atoms with Crippen LogP contribution in [0.25, 0.3) is 0 Å². The van der Waals surface area contributed by atoms with Crippen molar-refractivity contribution in [3.8, 4) is 11.5 Å². The molecule has 20 heavy (non-hydrogen) atoms. The van der Waals surface area contributed by atoms with Crippen LogP contribution in [-0.2, 0) is 0 Å². The first-order valence-corrected chi connectivity index (χ1v) is 7.26. The van der Waals surface area contributed by atoms with Gasteiger partial charge in [-0.15, -0.1) is 0 Å². The highest BCUT2D eigenvalue weighted by Crippen LogP contribution is 2.33. The fraction of sp³-hybridized carbons (Fsp3) is 0.400. The number of nitrogens with zero attached hydrogens (tertiary/aromatic N) is 3. The molecular weight excluding hydrogens is 274 g/mol. The maximum absolute atomic E-state index is 6.41. The summed E-state index contributed by atoms with van der Waals surface area (Å²) in [6.07, 6.45) is 3.85. The number of ether oxygens (including phenoxy) is 1. The van der Waals surface area contributed by atoms with Gasteiger partial charge in [0.2, 0.25) is 0 Å². The number of hydrogen-bond donors (Lipinski definition) is 0. The second-order valence-corrected chi connectivity index (χ2v) is 5.55. The lowest BCUT2D eigenvalue weighted by atomic mass is 10.1. The van der Waals surface area contributed by atoms with E-state index in [1.165, 1.54) is 0 Å². The molecule has 0 amide bonds. The zero-order chi connectivity index (χ0) is 13.9. The van der Waals surface area contributed by atoms with E-state index in [4.69, 9.17) is 16.3 Å². The first kappa shape index (κ1) is 13.5. The summed E-state index contributed by atoms with van der Waals surface area (Å²) in [5, 5.41) is 4.99. The molecule has 1 aliphatic heterocycles. The molecule has 0 unspecified atom stereocenters. The lowest BCUT2D eigenvalue weighted by molar-refractivity contribution is 0.212. The largest absolute Gasteiger partial charge is 0.452 e. The number of piperidine rings is 1. The molecule has 2 heterocycles. The van der Waals surface area contributed by atoms with Gasteiger partial charge in [-0.3, -0.25) is 0 Å². The van der Waals surface area contributed by atoms with Crippen LogP contribution in [0.4, 0.5) is 0 Å². The Morgan fingerprint density at radius 2 is 1.90 bits per heavy atom. The van der Waals surface area contributed by atoms with Gasteiger partial charge in [0.1, 0.15) is 5.75 Å². The molecule has 0 atom stereocenters. The van der Waals surface area contributed by atoms with Crippen molar-refractivity contribution in [3.63, 3.8) is 0 Å². The highest BCUT2D eigenvalue weighted by atomic mass is 35.5. The summed E-state index contributed by atoms with van der Waals surface area (Å²) >= 11 is 6.41. The zero-order valence-electron chi connectivity index (χ0n) is 11.5. The SMILES string of the molecule is CN1CCC(n2ncc(Oc3ccccc3)c2Cl)CC1. The van der Waals surface area contributed by atoms with Crippen molar-refractivity contribution in [1.29, 1.82) is 0 Å². The minimum atomic E-state index is 0.367. The fourth-order valence-electron chi connectivity index (χ4n) is 2.51. The molecule has 0 saturated carbocycles. The average Bonchev–Trinajstić information content (AvgIpc) is 2.83. The highest BCUT2D eigenvalue weighted by molar-refractivity contribution is 6.31. The van der Waals surface area contributed by atoms with Crippen molar-refractivity contribution < 1.29 is 4.74 Å². The van der Waals surface area contributed by atoms with Crippen molar-refractivity contribution in [2.45, 2.75) is 18.9 Å². The van der Waals surface area contributed by atoms with Crippen LogP contribution < -0.4 is 4.74 Å². The Kier molecular flexibility index (Phi) is 3.94. The zero-order valence-corrected chi connectivity index (χ0v) is 12.3. The van der Waals surface area contributed by atoms with Crippen LogP contribution in [0.1, 0.15) is 18.9 Å². The van der Waals surface area contributed by atoms with Crippen molar-refractivity contribution in [2.75, 3.05) is 20.1 Å². The fourth-order valence-corrected chi connectivity index (χ4v) is 2.78. The number of aromatic nitrogens is 2. The molecule has 1 fully saturated rings. The molecule has 0 N–H and O–H groups in total. The highest BCUT2D eigenvalue weighted by Gasteiger charge is 2.22. The van der Waals surface area contributed by atoms with Crippen LogP contribution in [0.2, 0.25) is 5.15 Å². The Balaban J connectivity index is 1.75. The van der Waals surface area contributed by atoms with E-state index in [0.717, 1.165) is 31.7 Å². The van der Waals surface area contributed by atoms with Gasteiger partial charge in [-0.25, -0.2) is 4.68 Å². The Labute approximate surface area is 123 Å². The first-order chi connectivity index (χ1) is 9.74. The molecule has 0 radical (unpaired) electrons. The number of likely N-dealkylation sites (tertiary alicyclic amines) is 1. The Hall–Kier alpha value is -1.52. The third-order valence-electron chi connectivity index (χ3n) is 3.71. The van der Waals surface area contributed by atoms with Crippen LogP contribution in [0.15, 0.2) is 36.5 Å². The smallest absolute Gasteiger partial charge is 0.184 e. The molecule has 2 aromatic rings. The number of hydrogen-bond acceptors (Lipinski definition) is 3. The van der Waals surface area contributed by atoms with Gasteiger partial charge >= 0.3 is 0 Å². The lowest BCUT2D eigenvalue weighted by Crippen LogP contribution is -2.31. The van der Waals surface area contributed by atoms with Gasteiger partial charge in [-0.05, 0) is 45.1 Å². The maximum Gasteiger partial charge on any atom is 0.184 e. The predicted molar refractivity (Wildman–Crippen MR) is 79.5 cm³/mol. The Bertz CT molecular complexity index is 562. The third kappa shape index (κ3) is 2.81. The molecule has 5 heteroatoms. The minimum absolute atomic E-state index is 0.367. The van der Waals surface area contributed by atoms with Crippen LogP contribution >= 0.6 is 11.6 Å². The summed E-state index contributed by atoms with van der Waals surface area (Å²) < 4.78 is 7.67. The van der Waals surface area contributed by atoms with E-state index in [9.17, 15) is 0 Å². The summed E-state index contributed by atoms with van der Waals surface area (Å²) in [6.45, 7) is 2.16. The molecule has 4 nitrogen and oxygen atoms in total. The summed E-state index contributed by atoms with van der Waals surface area (Å²) in [7, 11) is 2.14. The van der Waals surface area contributed by atoms with Crippen LogP contribution in [-0.4, -0.2) is 34.8 Å². The van der Waals surface area contributed by atoms with E-state index in [-0.39, 0.29) is 0 Å². The van der Waals surface area contributed by atoms with Gasteiger partial charge in [0.05, 0.1) is 12.2 Å². The minimum Gasteiger partial charge on any atom is -0.452 e. The van der Waals surface area contributed by atoms with E-state index < -0.39 is 0 Å². The van der Waals surface area contributed by atoms with Gasteiger partial charge in [-0.1, -0.05) is 29.8 Å². The third-order valence-corrected chi connectivity index (χ3v) is 4.07. The van der Waals surface area contributed by atoms with Crippen LogP contribution in [0.5, 0.6) is 11.5 Å². The normalized spacial score (nSPS) is 17.3. The van der Waals surface area contributed by atoms with Crippen LogP contribution in [0.3, 0.4) is 0 Å².